The van der Waals surface area contributed by atoms with Gasteiger partial charge in [-0.2, -0.15) is 0 Å². The molecule has 0 heterocycles. The molecule has 0 bridgehead atoms. The van der Waals surface area contributed by atoms with Crippen molar-refractivity contribution in [1.29, 1.82) is 0 Å². The van der Waals surface area contributed by atoms with Crippen molar-refractivity contribution in [2.45, 2.75) is 98.6 Å². The van der Waals surface area contributed by atoms with Gasteiger partial charge in [-0.25, -0.2) is 7.05 Å². The Morgan fingerprint density at radius 1 is 0.743 bits per heavy atom. The summed E-state index contributed by atoms with van der Waals surface area (Å²) in [6, 6.07) is 12.1. The molecule has 0 radical (unpaired) electrons. The van der Waals surface area contributed by atoms with Crippen molar-refractivity contribution in [2.75, 3.05) is 7.11 Å². The summed E-state index contributed by atoms with van der Waals surface area (Å²) in [6.07, 6.45) is 0. The first-order valence-electron chi connectivity index (χ1n) is 11.4. The van der Waals surface area contributed by atoms with Crippen LogP contribution in [0.4, 0.5) is 11.4 Å². The molecule has 3 nitrogen and oxygen atoms in total. The maximum absolute atomic E-state index is 11.1. The fraction of sp³-hybridized carbons (Fsp3) is 0.533. The molecule has 2 aromatic carbocycles. The molecule has 196 valence electrons. The average Bonchev–Trinajstić information content (AvgIpc) is 2.62. The Morgan fingerprint density at radius 2 is 1.11 bits per heavy atom. The van der Waals surface area contributed by atoms with Crippen molar-refractivity contribution in [3.8, 4) is 5.75 Å². The Bertz CT molecular complexity index is 898. The summed E-state index contributed by atoms with van der Waals surface area (Å²) in [5.41, 5.74) is 5.56. The molecule has 0 aliphatic carbocycles. The van der Waals surface area contributed by atoms with E-state index in [-0.39, 0.29) is 52.0 Å². The first-order valence-corrected chi connectivity index (χ1v) is 13.2. The number of nitrogens with zero attached hydrogens (tertiary/aromatic N) is 2. The largest absolute Gasteiger partial charge is 4.00 e. The number of para-hydroxylation sites is 2. The molecular formula is C30H51N2OPTi. The quantitative estimate of drug-likeness (QED) is 0.219. The Balaban J connectivity index is -0.000000556. The zero-order valence-electron chi connectivity index (χ0n) is 25.2. The molecule has 0 aliphatic heterocycles. The van der Waals surface area contributed by atoms with Gasteiger partial charge in [0.2, 0.25) is 0 Å². The van der Waals surface area contributed by atoms with E-state index in [4.69, 9.17) is 10.1 Å². The van der Waals surface area contributed by atoms with Crippen molar-refractivity contribution < 1.29 is 26.5 Å². The fourth-order valence-electron chi connectivity index (χ4n) is 5.21. The van der Waals surface area contributed by atoms with Gasteiger partial charge in [0.25, 0.3) is 0 Å². The third-order valence-corrected chi connectivity index (χ3v) is 11.7. The number of aryl methyl sites for hydroxylation is 3. The molecule has 0 aliphatic rings. The van der Waals surface area contributed by atoms with E-state index in [2.05, 4.69) is 95.2 Å². The zero-order valence-corrected chi connectivity index (χ0v) is 27.7. The third kappa shape index (κ3) is 9.10. The van der Waals surface area contributed by atoms with Crippen molar-refractivity contribution in [3.63, 3.8) is 0 Å². The summed E-state index contributed by atoms with van der Waals surface area (Å²) in [4.78, 5) is 0. The van der Waals surface area contributed by atoms with Gasteiger partial charge >= 0.3 is 21.7 Å². The first kappa shape index (κ1) is 38.5. The molecule has 0 fully saturated rings. The molecule has 5 heteroatoms. The zero-order chi connectivity index (χ0) is 25.1. The third-order valence-electron chi connectivity index (χ3n) is 5.87. The van der Waals surface area contributed by atoms with E-state index in [0.29, 0.717) is 0 Å². The fourth-order valence-corrected chi connectivity index (χ4v) is 11.2. The Kier molecular flexibility index (Phi) is 15.5. The molecule has 0 unspecified atom stereocenters. The number of ether oxygens (including phenoxy) is 1. The topological polar surface area (TPSA) is 45.6 Å². The molecular weight excluding hydrogens is 483 g/mol. The second-order valence-electron chi connectivity index (χ2n) is 11.7. The molecule has 0 N–H and O–H groups in total. The predicted octanol–water partition coefficient (Wildman–Crippen LogP) is 11.0. The predicted molar refractivity (Wildman–Crippen MR) is 159 cm³/mol. The summed E-state index contributed by atoms with van der Waals surface area (Å²) in [5, 5.41) is 15.8. The van der Waals surface area contributed by atoms with Crippen LogP contribution in [0.2, 0.25) is 0 Å². The number of rotatable bonds is 3. The van der Waals surface area contributed by atoms with E-state index in [1.165, 1.54) is 16.7 Å². The number of methoxy groups -OCH3 is 1. The SMILES string of the molecule is CC(C)(C)P(=[N-])(C(C)(C)C)C(C)(C)C.COc1ccccc1[N-]c1c(C)cc(C)cc1C.[CH3-].[CH3-].[Ti+4]. The van der Waals surface area contributed by atoms with Crippen LogP contribution in [0.3, 0.4) is 0 Å². The summed E-state index contributed by atoms with van der Waals surface area (Å²) in [5.74, 6) is 0.803. The second-order valence-corrected chi connectivity index (χ2v) is 17.0. The van der Waals surface area contributed by atoms with Gasteiger partial charge in [-0.3, -0.25) is 0 Å². The standard InChI is InChI=1S/C16H18NO.C12H27NP.2CH3.Ti/c1-11-9-12(2)16(13(3)10-11)17-14-7-5-6-8-15(14)18-4;1-10(2,3)14(13,11(4,5)6)12(7,8)9;;;/h5-10H,1-4H3;1-9H3;2*1H3;/q4*-1;+4. The van der Waals surface area contributed by atoms with Crippen molar-refractivity contribution in [2.24, 2.45) is 0 Å². The van der Waals surface area contributed by atoms with E-state index in [0.717, 1.165) is 17.1 Å². The van der Waals surface area contributed by atoms with Gasteiger partial charge in [0, 0.05) is 0 Å². The van der Waals surface area contributed by atoms with Crippen molar-refractivity contribution >= 4 is 18.4 Å². The maximum atomic E-state index is 11.1. The van der Waals surface area contributed by atoms with Gasteiger partial charge in [-0.1, -0.05) is 115 Å². The van der Waals surface area contributed by atoms with Crippen LogP contribution in [0.25, 0.3) is 10.5 Å². The first-order chi connectivity index (χ1) is 14.4. The van der Waals surface area contributed by atoms with E-state index in [1.807, 2.05) is 24.3 Å². The van der Waals surface area contributed by atoms with E-state index >= 15 is 0 Å². The minimum atomic E-state index is -2.02. The smallest absolute Gasteiger partial charge is 0.807 e. The Hall–Kier alpha value is -1.02. The van der Waals surface area contributed by atoms with E-state index in [9.17, 15) is 5.16 Å². The molecule has 0 spiro atoms. The van der Waals surface area contributed by atoms with Gasteiger partial charge in [-0.15, -0.1) is 5.69 Å². The van der Waals surface area contributed by atoms with Crippen molar-refractivity contribution in [1.82, 2.24) is 0 Å². The number of hydrogen-bond donors (Lipinski definition) is 0. The van der Waals surface area contributed by atoms with Crippen LogP contribution in [0.5, 0.6) is 5.75 Å². The molecule has 2 aromatic rings. The minimum Gasteiger partial charge on any atom is -0.807 e. The normalized spacial score (nSPS) is 11.6. The van der Waals surface area contributed by atoms with Gasteiger partial charge in [0.15, 0.2) is 0 Å². The van der Waals surface area contributed by atoms with E-state index in [1.54, 1.807) is 7.11 Å². The average molecular weight is 535 g/mol. The monoisotopic (exact) mass is 534 g/mol. The van der Waals surface area contributed by atoms with Gasteiger partial charge < -0.3 is 30.1 Å². The molecule has 35 heavy (non-hydrogen) atoms. The van der Waals surface area contributed by atoms with Crippen molar-refractivity contribution in [3.05, 3.63) is 78.4 Å². The van der Waals surface area contributed by atoms with Crippen LogP contribution >= 0.6 is 7.05 Å². The van der Waals surface area contributed by atoms with Crippen LogP contribution in [-0.4, -0.2) is 22.6 Å². The molecule has 0 atom stereocenters. The van der Waals surface area contributed by atoms with Gasteiger partial charge in [-0.05, 0) is 42.3 Å². The molecule has 0 saturated heterocycles. The van der Waals surface area contributed by atoms with Gasteiger partial charge in [0.05, 0.1) is 7.11 Å². The van der Waals surface area contributed by atoms with Crippen LogP contribution in [-0.2, 0) is 21.7 Å². The van der Waals surface area contributed by atoms with Crippen LogP contribution in [0, 0.1) is 35.6 Å². The van der Waals surface area contributed by atoms with Crippen LogP contribution < -0.4 is 4.74 Å². The maximum Gasteiger partial charge on any atom is 4.00 e. The van der Waals surface area contributed by atoms with E-state index < -0.39 is 7.05 Å². The summed E-state index contributed by atoms with van der Waals surface area (Å²) in [7, 11) is -0.351. The van der Waals surface area contributed by atoms with Crippen LogP contribution in [0.15, 0.2) is 36.4 Å². The van der Waals surface area contributed by atoms with Crippen LogP contribution in [0.1, 0.15) is 79.0 Å². The molecule has 0 aromatic heterocycles. The summed E-state index contributed by atoms with van der Waals surface area (Å²) < 4.78 is 5.33. The Labute approximate surface area is 234 Å². The van der Waals surface area contributed by atoms with Gasteiger partial charge in [0.1, 0.15) is 5.75 Å². The number of benzene rings is 2. The molecule has 0 amide bonds. The molecule has 2 rings (SSSR count). The molecule has 0 saturated carbocycles. The Morgan fingerprint density at radius 3 is 1.43 bits per heavy atom. The summed E-state index contributed by atoms with van der Waals surface area (Å²) >= 11 is 0. The minimum absolute atomic E-state index is 0. The summed E-state index contributed by atoms with van der Waals surface area (Å²) in [6.45, 7) is 25.8. The second kappa shape index (κ2) is 14.1. The number of hydrogen-bond acceptors (Lipinski definition) is 1.